The highest BCUT2D eigenvalue weighted by Crippen LogP contribution is 2.37. The Morgan fingerprint density at radius 3 is 2.89 bits per heavy atom. The predicted molar refractivity (Wildman–Crippen MR) is 116 cm³/mol. The zero-order valence-electron chi connectivity index (χ0n) is 16.1. The summed E-state index contributed by atoms with van der Waals surface area (Å²) in [5.74, 6) is 1.62. The zero-order chi connectivity index (χ0) is 19.3. The van der Waals surface area contributed by atoms with E-state index in [0.29, 0.717) is 5.78 Å². The smallest absolute Gasteiger partial charge is 0.268 e. The molecule has 28 heavy (non-hydrogen) atoms. The van der Waals surface area contributed by atoms with Crippen molar-refractivity contribution in [3.05, 3.63) is 50.6 Å². The van der Waals surface area contributed by atoms with Gasteiger partial charge in [-0.1, -0.05) is 43.3 Å². The van der Waals surface area contributed by atoms with Gasteiger partial charge in [0.05, 0.1) is 11.1 Å². The second-order valence-electron chi connectivity index (χ2n) is 7.28. The Balaban J connectivity index is 1.87. The lowest BCUT2D eigenvalue weighted by molar-refractivity contribution is 0.883. The van der Waals surface area contributed by atoms with E-state index in [1.165, 1.54) is 10.4 Å². The van der Waals surface area contributed by atoms with Crippen LogP contribution in [0.2, 0.25) is 0 Å². The predicted octanol–water partition coefficient (Wildman–Crippen LogP) is 4.78. The minimum atomic E-state index is 0.0358. The van der Waals surface area contributed by atoms with Gasteiger partial charge < -0.3 is 0 Å². The summed E-state index contributed by atoms with van der Waals surface area (Å²) >= 11 is 3.48. The number of thiophene rings is 1. The third-order valence-corrected chi connectivity index (χ3v) is 7.72. The molecule has 0 aliphatic heterocycles. The van der Waals surface area contributed by atoms with Gasteiger partial charge in [-0.3, -0.25) is 4.79 Å². The molecule has 1 aliphatic rings. The van der Waals surface area contributed by atoms with Gasteiger partial charge in [0.1, 0.15) is 4.83 Å². The van der Waals surface area contributed by atoms with Crippen LogP contribution in [0.4, 0.5) is 0 Å². The second-order valence-corrected chi connectivity index (χ2v) is 9.43. The maximum absolute atomic E-state index is 13.7. The van der Waals surface area contributed by atoms with Gasteiger partial charge in [-0.05, 0) is 49.8 Å². The van der Waals surface area contributed by atoms with E-state index in [0.717, 1.165) is 64.5 Å². The van der Waals surface area contributed by atoms with Crippen LogP contribution in [0.3, 0.4) is 0 Å². The van der Waals surface area contributed by atoms with Crippen LogP contribution in [-0.2, 0) is 12.8 Å². The summed E-state index contributed by atoms with van der Waals surface area (Å²) in [5.41, 5.74) is 3.22. The maximum Gasteiger partial charge on any atom is 0.268 e. The molecule has 1 aliphatic carbocycles. The fraction of sp³-hybridized carbons (Fsp3) is 0.381. The molecule has 0 fully saturated rings. The van der Waals surface area contributed by atoms with E-state index in [4.69, 9.17) is 0 Å². The molecule has 0 bridgehead atoms. The first-order valence-corrected chi connectivity index (χ1v) is 11.6. The van der Waals surface area contributed by atoms with E-state index in [2.05, 4.69) is 21.5 Å². The van der Waals surface area contributed by atoms with Crippen LogP contribution < -0.4 is 5.56 Å². The Hall–Kier alpha value is -2.12. The van der Waals surface area contributed by atoms with E-state index >= 15 is 0 Å². The number of hydrogen-bond acceptors (Lipinski definition) is 5. The molecule has 0 radical (unpaired) electrons. The highest BCUT2D eigenvalue weighted by Gasteiger charge is 2.26. The second kappa shape index (κ2) is 7.04. The van der Waals surface area contributed by atoms with Crippen molar-refractivity contribution in [2.75, 3.05) is 5.75 Å². The van der Waals surface area contributed by atoms with Crippen molar-refractivity contribution in [1.82, 2.24) is 19.2 Å². The van der Waals surface area contributed by atoms with E-state index in [-0.39, 0.29) is 5.56 Å². The van der Waals surface area contributed by atoms with Gasteiger partial charge in [0, 0.05) is 10.6 Å². The topological polar surface area (TPSA) is 52.2 Å². The number of thioether (sulfide) groups is 1. The average molecular weight is 411 g/mol. The standard InChI is InChI=1S/C21H22N4OS2/c1-3-4-12-27-21-23-22-20-24(15-10-6-5-8-13(15)2)18(26)17-14-9-7-11-16(14)28-19(17)25(20)21/h5-6,8,10H,3-4,7,9,11-12H2,1-2H3. The first-order valence-electron chi connectivity index (χ1n) is 9.84. The fourth-order valence-electron chi connectivity index (χ4n) is 3.99. The highest BCUT2D eigenvalue weighted by atomic mass is 32.2. The number of para-hydroxylation sites is 1. The van der Waals surface area contributed by atoms with E-state index in [1.54, 1.807) is 27.7 Å². The van der Waals surface area contributed by atoms with E-state index < -0.39 is 0 Å². The van der Waals surface area contributed by atoms with Crippen LogP contribution >= 0.6 is 23.1 Å². The molecule has 5 rings (SSSR count). The number of rotatable bonds is 5. The van der Waals surface area contributed by atoms with Crippen LogP contribution in [0.5, 0.6) is 0 Å². The SMILES string of the molecule is CCCCSc1nnc2n(-c3ccccc3C)c(=O)c3c4c(sc3n12)CCC4. The molecule has 0 unspecified atom stereocenters. The summed E-state index contributed by atoms with van der Waals surface area (Å²) < 4.78 is 3.88. The summed E-state index contributed by atoms with van der Waals surface area (Å²) in [6, 6.07) is 8.00. The largest absolute Gasteiger partial charge is 0.268 e. The van der Waals surface area contributed by atoms with Gasteiger partial charge >= 0.3 is 0 Å². The summed E-state index contributed by atoms with van der Waals surface area (Å²) in [5, 5.41) is 10.7. The van der Waals surface area contributed by atoms with Crippen molar-refractivity contribution in [1.29, 1.82) is 0 Å². The van der Waals surface area contributed by atoms with Crippen molar-refractivity contribution < 1.29 is 0 Å². The molecule has 0 N–H and O–H groups in total. The van der Waals surface area contributed by atoms with Crippen LogP contribution in [0, 0.1) is 6.92 Å². The molecule has 144 valence electrons. The van der Waals surface area contributed by atoms with Crippen molar-refractivity contribution >= 4 is 39.1 Å². The molecule has 5 nitrogen and oxygen atoms in total. The van der Waals surface area contributed by atoms with Gasteiger partial charge in [0.15, 0.2) is 5.16 Å². The van der Waals surface area contributed by atoms with E-state index in [1.807, 2.05) is 31.2 Å². The Kier molecular flexibility index (Phi) is 4.51. The molecule has 0 saturated heterocycles. The molecular formula is C21H22N4OS2. The Morgan fingerprint density at radius 1 is 1.21 bits per heavy atom. The molecular weight excluding hydrogens is 388 g/mol. The molecule has 1 aromatic carbocycles. The Labute approximate surface area is 171 Å². The van der Waals surface area contributed by atoms with Crippen molar-refractivity contribution in [3.8, 4) is 5.69 Å². The molecule has 3 heterocycles. The van der Waals surface area contributed by atoms with E-state index in [9.17, 15) is 4.79 Å². The van der Waals surface area contributed by atoms with Crippen LogP contribution in [-0.4, -0.2) is 24.9 Å². The lowest BCUT2D eigenvalue weighted by Crippen LogP contribution is -2.22. The van der Waals surface area contributed by atoms with Gasteiger partial charge in [0.25, 0.3) is 5.56 Å². The summed E-state index contributed by atoms with van der Waals surface area (Å²) in [7, 11) is 0. The molecule has 3 aromatic heterocycles. The van der Waals surface area contributed by atoms with Crippen LogP contribution in [0.25, 0.3) is 21.7 Å². The number of nitrogens with zero attached hydrogens (tertiary/aromatic N) is 4. The minimum absolute atomic E-state index is 0.0358. The molecule has 7 heteroatoms. The number of fused-ring (bicyclic) bond motifs is 5. The first kappa shape index (κ1) is 17.9. The van der Waals surface area contributed by atoms with Gasteiger partial charge in [-0.15, -0.1) is 21.5 Å². The molecule has 0 spiro atoms. The summed E-state index contributed by atoms with van der Waals surface area (Å²) in [6.07, 6.45) is 5.49. The Bertz CT molecular complexity index is 1250. The Morgan fingerprint density at radius 2 is 2.07 bits per heavy atom. The summed E-state index contributed by atoms with van der Waals surface area (Å²) in [4.78, 5) is 16.0. The normalized spacial score (nSPS) is 13.6. The number of benzene rings is 1. The van der Waals surface area contributed by atoms with Crippen LogP contribution in [0.15, 0.2) is 34.2 Å². The average Bonchev–Trinajstić information content (AvgIpc) is 3.37. The van der Waals surface area contributed by atoms with Gasteiger partial charge in [-0.25, -0.2) is 8.97 Å². The quantitative estimate of drug-likeness (QED) is 0.351. The fourth-order valence-corrected chi connectivity index (χ4v) is 6.44. The van der Waals surface area contributed by atoms with Crippen molar-refractivity contribution in [2.24, 2.45) is 0 Å². The monoisotopic (exact) mass is 410 g/mol. The molecule has 0 saturated carbocycles. The number of aromatic nitrogens is 4. The zero-order valence-corrected chi connectivity index (χ0v) is 17.7. The third-order valence-electron chi connectivity index (χ3n) is 5.42. The number of unbranched alkanes of at least 4 members (excludes halogenated alkanes) is 1. The van der Waals surface area contributed by atoms with Crippen molar-refractivity contribution in [2.45, 2.75) is 51.1 Å². The number of hydrogen-bond donors (Lipinski definition) is 0. The highest BCUT2D eigenvalue weighted by molar-refractivity contribution is 7.99. The minimum Gasteiger partial charge on any atom is -0.268 e. The maximum atomic E-state index is 13.7. The lowest BCUT2D eigenvalue weighted by Gasteiger charge is -2.12. The van der Waals surface area contributed by atoms with Gasteiger partial charge in [-0.2, -0.15) is 0 Å². The number of aryl methyl sites for hydroxylation is 3. The molecule has 0 amide bonds. The lowest BCUT2D eigenvalue weighted by atomic mass is 10.1. The van der Waals surface area contributed by atoms with Gasteiger partial charge in [0.2, 0.25) is 5.78 Å². The third kappa shape index (κ3) is 2.63. The molecule has 0 atom stereocenters. The summed E-state index contributed by atoms with van der Waals surface area (Å²) in [6.45, 7) is 4.23. The molecule has 4 aromatic rings. The van der Waals surface area contributed by atoms with Crippen molar-refractivity contribution in [3.63, 3.8) is 0 Å². The van der Waals surface area contributed by atoms with Crippen LogP contribution in [0.1, 0.15) is 42.2 Å². The first-order chi connectivity index (χ1) is 13.7.